The predicted octanol–water partition coefficient (Wildman–Crippen LogP) is 11.4. The van der Waals surface area contributed by atoms with Crippen molar-refractivity contribution in [2.75, 3.05) is 26.4 Å². The zero-order valence-corrected chi connectivity index (χ0v) is 38.4. The van der Waals surface area contributed by atoms with Gasteiger partial charge in [-0.1, -0.05) is 182 Å². The Hall–Kier alpha value is -2.63. The summed E-state index contributed by atoms with van der Waals surface area (Å²) in [6.07, 6.45) is 50.4. The number of rotatable bonds is 40. The topological polar surface area (TPSA) is 135 Å². The van der Waals surface area contributed by atoms with E-state index in [0.717, 1.165) is 96.3 Å². The molecule has 0 aromatic carbocycles. The summed E-state index contributed by atoms with van der Waals surface area (Å²) in [4.78, 5) is 12.8. The molecule has 1 aliphatic rings. The van der Waals surface area contributed by atoms with Crippen molar-refractivity contribution in [2.24, 2.45) is 0 Å². The summed E-state index contributed by atoms with van der Waals surface area (Å²) < 4.78 is 22.8. The van der Waals surface area contributed by atoms with Crippen molar-refractivity contribution in [2.45, 2.75) is 211 Å². The van der Waals surface area contributed by atoms with E-state index in [4.69, 9.17) is 18.9 Å². The van der Waals surface area contributed by atoms with E-state index < -0.39 is 43.4 Å². The van der Waals surface area contributed by atoms with Gasteiger partial charge in [0.1, 0.15) is 30.5 Å². The van der Waals surface area contributed by atoms with Crippen molar-refractivity contribution in [3.8, 4) is 0 Å². The summed E-state index contributed by atoms with van der Waals surface area (Å²) in [6.45, 7) is 4.37. The fourth-order valence-electron chi connectivity index (χ4n) is 6.82. The van der Waals surface area contributed by atoms with Gasteiger partial charge in [0, 0.05) is 13.0 Å². The molecule has 9 heteroatoms. The van der Waals surface area contributed by atoms with Gasteiger partial charge in [0.05, 0.1) is 19.8 Å². The smallest absolute Gasteiger partial charge is 0.306 e. The minimum atomic E-state index is -1.54. The molecule has 6 atom stereocenters. The van der Waals surface area contributed by atoms with E-state index in [1.54, 1.807) is 0 Å². The lowest BCUT2D eigenvalue weighted by Gasteiger charge is -2.39. The second-order valence-corrected chi connectivity index (χ2v) is 16.2. The van der Waals surface area contributed by atoms with Gasteiger partial charge in [0.25, 0.3) is 0 Å². The third-order valence-corrected chi connectivity index (χ3v) is 10.6. The summed E-state index contributed by atoms with van der Waals surface area (Å²) >= 11 is 0. The molecule has 0 aliphatic carbocycles. The number of aliphatic hydroxyl groups excluding tert-OH is 4. The molecule has 9 nitrogen and oxygen atoms in total. The van der Waals surface area contributed by atoms with Crippen molar-refractivity contribution in [3.63, 3.8) is 0 Å². The van der Waals surface area contributed by atoms with Gasteiger partial charge in [-0.25, -0.2) is 0 Å². The first-order valence-electron chi connectivity index (χ1n) is 24.2. The molecule has 1 rings (SSSR count). The summed E-state index contributed by atoms with van der Waals surface area (Å²) in [6, 6.07) is 0. The molecule has 61 heavy (non-hydrogen) atoms. The van der Waals surface area contributed by atoms with Crippen molar-refractivity contribution < 1.29 is 44.2 Å². The van der Waals surface area contributed by atoms with E-state index in [1.807, 2.05) is 0 Å². The number of carbonyl (C=O) groups excluding carboxylic acids is 1. The lowest BCUT2D eigenvalue weighted by molar-refractivity contribution is -0.305. The molecule has 0 saturated carbocycles. The molecule has 1 heterocycles. The second-order valence-electron chi connectivity index (χ2n) is 16.2. The molecule has 1 aliphatic heterocycles. The van der Waals surface area contributed by atoms with Crippen LogP contribution in [-0.4, -0.2) is 89.6 Å². The number of carbonyl (C=O) groups is 1. The third-order valence-electron chi connectivity index (χ3n) is 10.6. The van der Waals surface area contributed by atoms with E-state index in [1.165, 1.54) is 57.8 Å². The van der Waals surface area contributed by atoms with Gasteiger partial charge in [-0.15, -0.1) is 0 Å². The maximum atomic E-state index is 12.8. The standard InChI is InChI=1S/C52H88O9/c1-3-5-7-9-11-13-15-17-18-19-20-21-22-23-24-25-26-27-28-29-30-32-34-36-38-40-42-58-44-46(45-59-52-51(57)50(56)49(55)47(43-53)61-52)60-48(54)41-39-37-35-33-31-16-14-12-10-8-6-4-2/h5,7,11,13,17-18,20-21,23-24,26-27,29-30,46-47,49-53,55-57H,3-4,6,8-10,12,14-16,19,22,25,28,31-45H2,1-2H3/b7-5-,13-11-,18-17-,21-20-,24-23-,27-26-,30-29-. The molecule has 350 valence electrons. The average Bonchev–Trinajstić information content (AvgIpc) is 3.26. The molecule has 0 aromatic rings. The maximum Gasteiger partial charge on any atom is 0.306 e. The Morgan fingerprint density at radius 3 is 1.51 bits per heavy atom. The maximum absolute atomic E-state index is 12.8. The van der Waals surface area contributed by atoms with Gasteiger partial charge >= 0.3 is 5.97 Å². The Labute approximate surface area is 371 Å². The normalized spacial score (nSPS) is 20.7. The summed E-state index contributed by atoms with van der Waals surface area (Å²) in [5.74, 6) is -0.327. The van der Waals surface area contributed by atoms with E-state index >= 15 is 0 Å². The van der Waals surface area contributed by atoms with E-state index in [0.29, 0.717) is 13.0 Å². The van der Waals surface area contributed by atoms with E-state index in [2.05, 4.69) is 98.9 Å². The Balaban J connectivity index is 2.24. The minimum Gasteiger partial charge on any atom is -0.457 e. The Bertz CT molecular complexity index is 1200. The highest BCUT2D eigenvalue weighted by Crippen LogP contribution is 2.22. The molecule has 0 radical (unpaired) electrons. The molecular formula is C52H88O9. The molecule has 1 saturated heterocycles. The molecule has 6 unspecified atom stereocenters. The number of ether oxygens (including phenoxy) is 4. The van der Waals surface area contributed by atoms with Gasteiger partial charge < -0.3 is 39.4 Å². The van der Waals surface area contributed by atoms with Crippen LogP contribution in [0.4, 0.5) is 0 Å². The fourth-order valence-corrected chi connectivity index (χ4v) is 6.82. The van der Waals surface area contributed by atoms with Gasteiger partial charge in [0.15, 0.2) is 6.29 Å². The number of esters is 1. The summed E-state index contributed by atoms with van der Waals surface area (Å²) in [7, 11) is 0. The first kappa shape index (κ1) is 56.4. The average molecular weight is 857 g/mol. The van der Waals surface area contributed by atoms with Gasteiger partial charge in [-0.3, -0.25) is 4.79 Å². The van der Waals surface area contributed by atoms with Gasteiger partial charge in [-0.2, -0.15) is 0 Å². The Kier molecular flexibility index (Phi) is 39.4. The predicted molar refractivity (Wildman–Crippen MR) is 251 cm³/mol. The lowest BCUT2D eigenvalue weighted by atomic mass is 9.99. The van der Waals surface area contributed by atoms with E-state index in [9.17, 15) is 25.2 Å². The molecule has 4 N–H and O–H groups in total. The number of hydrogen-bond acceptors (Lipinski definition) is 9. The van der Waals surface area contributed by atoms with Gasteiger partial charge in [0.2, 0.25) is 0 Å². The van der Waals surface area contributed by atoms with Gasteiger partial charge in [-0.05, 0) is 70.6 Å². The molecule has 0 bridgehead atoms. The molecule has 1 fully saturated rings. The van der Waals surface area contributed by atoms with Crippen LogP contribution in [-0.2, 0) is 23.7 Å². The van der Waals surface area contributed by atoms with E-state index in [-0.39, 0.29) is 19.2 Å². The van der Waals surface area contributed by atoms with Crippen LogP contribution in [0.25, 0.3) is 0 Å². The highest BCUT2D eigenvalue weighted by atomic mass is 16.7. The van der Waals surface area contributed by atoms with Crippen LogP contribution in [0.2, 0.25) is 0 Å². The van der Waals surface area contributed by atoms with Crippen LogP contribution < -0.4 is 0 Å². The zero-order chi connectivity index (χ0) is 44.3. The van der Waals surface area contributed by atoms with Crippen LogP contribution in [0.1, 0.15) is 174 Å². The zero-order valence-electron chi connectivity index (χ0n) is 38.4. The molecule has 0 spiro atoms. The van der Waals surface area contributed by atoms with Crippen LogP contribution in [0.3, 0.4) is 0 Å². The van der Waals surface area contributed by atoms with Crippen molar-refractivity contribution >= 4 is 5.97 Å². The highest BCUT2D eigenvalue weighted by Gasteiger charge is 2.44. The number of aliphatic hydroxyl groups is 4. The van der Waals surface area contributed by atoms with Crippen molar-refractivity contribution in [1.82, 2.24) is 0 Å². The van der Waals surface area contributed by atoms with Crippen LogP contribution in [0.5, 0.6) is 0 Å². The summed E-state index contributed by atoms with van der Waals surface area (Å²) in [5, 5.41) is 40.1. The van der Waals surface area contributed by atoms with Crippen LogP contribution in [0.15, 0.2) is 85.1 Å². The fraction of sp³-hybridized carbons (Fsp3) is 0.712. The monoisotopic (exact) mass is 857 g/mol. The third kappa shape index (κ3) is 33.6. The first-order chi connectivity index (χ1) is 29.9. The molecular weight excluding hydrogens is 769 g/mol. The number of unbranched alkanes of at least 4 members (excludes halogenated alkanes) is 15. The van der Waals surface area contributed by atoms with Crippen molar-refractivity contribution in [1.29, 1.82) is 0 Å². The minimum absolute atomic E-state index is 0.124. The van der Waals surface area contributed by atoms with Crippen LogP contribution in [0, 0.1) is 0 Å². The SMILES string of the molecule is CC/C=C\C/C=C\C/C=C\C/C=C\C/C=C\C/C=C\C/C=C\CCCCCCOCC(COC1OC(CO)C(O)C(O)C1O)OC(=O)CCCCCCCCCCCCCC. The highest BCUT2D eigenvalue weighted by molar-refractivity contribution is 5.69. The molecule has 0 amide bonds. The largest absolute Gasteiger partial charge is 0.457 e. The first-order valence-corrected chi connectivity index (χ1v) is 24.2. The summed E-state index contributed by atoms with van der Waals surface area (Å²) in [5.41, 5.74) is 0. The number of allylic oxidation sites excluding steroid dienone is 14. The van der Waals surface area contributed by atoms with Crippen molar-refractivity contribution in [3.05, 3.63) is 85.1 Å². The quantitative estimate of drug-likeness (QED) is 0.0270. The second kappa shape index (κ2) is 42.7. The number of hydrogen-bond donors (Lipinski definition) is 4. The lowest BCUT2D eigenvalue weighted by Crippen LogP contribution is -2.59. The Morgan fingerprint density at radius 1 is 0.541 bits per heavy atom. The van der Waals surface area contributed by atoms with Crippen LogP contribution >= 0.6 is 0 Å². The molecule has 0 aromatic heterocycles. The Morgan fingerprint density at radius 2 is 1.00 bits per heavy atom.